The van der Waals surface area contributed by atoms with E-state index < -0.39 is 0 Å². The number of nitrogens with zero attached hydrogens (tertiary/aromatic N) is 3. The van der Waals surface area contributed by atoms with Gasteiger partial charge in [0.2, 0.25) is 0 Å². The first-order valence-corrected chi connectivity index (χ1v) is 0.658. The average Bonchev–Trinajstić information content (AvgIpc) is 1.37. The van der Waals surface area contributed by atoms with Crippen molar-refractivity contribution in [2.24, 2.45) is 5.03 Å². The second-order valence-electron chi connectivity index (χ2n) is 0.205. The van der Waals surface area contributed by atoms with Crippen LogP contribution in [0.1, 0.15) is 0 Å². The summed E-state index contributed by atoms with van der Waals surface area (Å²) >= 11 is 0. The summed E-state index contributed by atoms with van der Waals surface area (Å²) in [7, 11) is 4.24. The number of rotatable bonds is 0. The summed E-state index contributed by atoms with van der Waals surface area (Å²) in [6.45, 7) is 0. The molecule has 0 aliphatic rings. The van der Waals surface area contributed by atoms with Gasteiger partial charge in [0.05, 0.1) is 0 Å². The van der Waals surface area contributed by atoms with Gasteiger partial charge in [0, 0.05) is 51.3 Å². The quantitative estimate of drug-likeness (QED) is 0.231. The summed E-state index contributed by atoms with van der Waals surface area (Å²) in [5.74, 6) is 0. The van der Waals surface area contributed by atoms with Crippen LogP contribution in [0, 0.1) is 0 Å². The molecule has 0 saturated carbocycles. The second kappa shape index (κ2) is 16.6. The first-order chi connectivity index (χ1) is 1.91. The minimum atomic E-state index is 0. The third kappa shape index (κ3) is 19.6. The van der Waals surface area contributed by atoms with Crippen LogP contribution in [0.15, 0.2) is 5.03 Å². The number of hydrogen-bond donors (Lipinski definition) is 0. The van der Waals surface area contributed by atoms with Crippen LogP contribution in [-0.4, -0.2) is 7.98 Å². The van der Waals surface area contributed by atoms with E-state index in [4.69, 9.17) is 5.53 Å². The van der Waals surface area contributed by atoms with E-state index in [0.717, 1.165) is 0 Å². The predicted molar refractivity (Wildman–Crippen MR) is 14.9 cm³/mol. The molecule has 0 atom stereocenters. The van der Waals surface area contributed by atoms with Crippen molar-refractivity contribution in [2.75, 3.05) is 0 Å². The van der Waals surface area contributed by atoms with Crippen LogP contribution in [0.3, 0.4) is 0 Å². The Balaban J connectivity index is -0.0000000450. The zero-order chi connectivity index (χ0) is 3.41. The van der Waals surface area contributed by atoms with Crippen molar-refractivity contribution in [2.45, 2.75) is 0 Å². The van der Waals surface area contributed by atoms with Gasteiger partial charge in [-0.05, 0) is 10.4 Å². The molecule has 0 heterocycles. The standard InChI is InChI=1S/BN3.V.Y/c1-3-4-2;;. The van der Waals surface area contributed by atoms with E-state index in [2.05, 4.69) is 17.9 Å². The fourth-order valence-corrected chi connectivity index (χ4v) is 0. The molecule has 0 aliphatic heterocycles. The van der Waals surface area contributed by atoms with Crippen molar-refractivity contribution < 1.29 is 51.3 Å². The van der Waals surface area contributed by atoms with Crippen LogP contribution >= 0.6 is 0 Å². The molecule has 0 unspecified atom stereocenters. The Bertz CT molecular complexity index is 48.8. The van der Waals surface area contributed by atoms with Gasteiger partial charge in [-0.25, -0.2) is 0 Å². The van der Waals surface area contributed by atoms with Crippen molar-refractivity contribution in [1.82, 2.24) is 0 Å². The molecule has 26 valence electrons. The molecule has 0 aromatic rings. The van der Waals surface area contributed by atoms with Gasteiger partial charge in [-0.2, -0.15) is 5.03 Å². The van der Waals surface area contributed by atoms with Crippen LogP contribution in [0.4, 0.5) is 0 Å². The van der Waals surface area contributed by atoms with Gasteiger partial charge in [-0.1, -0.05) is 0 Å². The normalized spacial score (nSPS) is 2.67. The number of azide groups is 1. The van der Waals surface area contributed by atoms with Crippen molar-refractivity contribution in [3.05, 3.63) is 10.4 Å². The van der Waals surface area contributed by atoms with Crippen LogP contribution in [-0.2, 0) is 51.3 Å². The summed E-state index contributed by atoms with van der Waals surface area (Å²) in [6.07, 6.45) is 0. The Morgan fingerprint density at radius 2 is 1.83 bits per heavy atom. The van der Waals surface area contributed by atoms with Gasteiger partial charge in [-0.3, -0.25) is 0 Å². The minimum Gasteiger partial charge on any atom is -0.167 e. The third-order valence-electron chi connectivity index (χ3n) is 0.0516. The molecule has 6 heteroatoms. The van der Waals surface area contributed by atoms with Crippen LogP contribution in [0.25, 0.3) is 10.4 Å². The van der Waals surface area contributed by atoms with Crippen molar-refractivity contribution in [3.63, 3.8) is 0 Å². The Morgan fingerprint density at radius 3 is 1.83 bits per heavy atom. The Hall–Kier alpha value is 1.06. The molecule has 0 rings (SSSR count). The molecule has 0 amide bonds. The van der Waals surface area contributed by atoms with Crippen LogP contribution < -0.4 is 0 Å². The van der Waals surface area contributed by atoms with Gasteiger partial charge in [0.25, 0.3) is 0 Å². The monoisotopic (exact) mass is 193 g/mol. The Labute approximate surface area is 74.1 Å². The molecule has 0 aromatic heterocycles. The SMILES string of the molecule is [B]N=[N+]=[N-].[V].[Y]. The molecular formula is BN3VY. The molecule has 3 nitrogen and oxygen atoms in total. The van der Waals surface area contributed by atoms with E-state index in [1.165, 1.54) is 0 Å². The fourth-order valence-electron chi connectivity index (χ4n) is 0. The maximum absolute atomic E-state index is 7.21. The van der Waals surface area contributed by atoms with Crippen LogP contribution in [0.2, 0.25) is 0 Å². The van der Waals surface area contributed by atoms with E-state index in [-0.39, 0.29) is 51.3 Å². The fraction of sp³-hybridized carbons (Fsp3) is 0. The molecule has 0 spiro atoms. The van der Waals surface area contributed by atoms with Gasteiger partial charge in [-0.15, -0.1) is 0 Å². The average molecular weight is 193 g/mol. The first-order valence-electron chi connectivity index (χ1n) is 0.658. The van der Waals surface area contributed by atoms with Gasteiger partial charge < -0.3 is 0 Å². The molecule has 0 N–H and O–H groups in total. The maximum Gasteiger partial charge on any atom is 0.181 e. The van der Waals surface area contributed by atoms with E-state index in [1.54, 1.807) is 0 Å². The largest absolute Gasteiger partial charge is 0.181 e. The zero-order valence-electron chi connectivity index (χ0n) is 2.94. The predicted octanol–water partition coefficient (Wildman–Crippen LogP) is 0.375. The molecule has 0 fully saturated rings. The molecule has 0 bridgehead atoms. The van der Waals surface area contributed by atoms with Gasteiger partial charge in [0.15, 0.2) is 7.98 Å². The summed E-state index contributed by atoms with van der Waals surface area (Å²) in [4.78, 5) is 2.14. The summed E-state index contributed by atoms with van der Waals surface area (Å²) < 4.78 is 0. The summed E-state index contributed by atoms with van der Waals surface area (Å²) in [5, 5.41) is 2.42. The smallest absolute Gasteiger partial charge is 0.167 e. The third-order valence-corrected chi connectivity index (χ3v) is 0.0516. The van der Waals surface area contributed by atoms with E-state index in [9.17, 15) is 0 Å². The zero-order valence-corrected chi connectivity index (χ0v) is 7.18. The molecule has 0 aromatic carbocycles. The van der Waals surface area contributed by atoms with Gasteiger partial charge in [0.1, 0.15) is 0 Å². The van der Waals surface area contributed by atoms with E-state index in [0.29, 0.717) is 0 Å². The molecular weight excluding hydrogens is 193 g/mol. The van der Waals surface area contributed by atoms with Crippen LogP contribution in [0.5, 0.6) is 0 Å². The molecule has 6 heavy (non-hydrogen) atoms. The molecule has 4 radical (unpaired) electrons. The van der Waals surface area contributed by atoms with E-state index in [1.807, 2.05) is 0 Å². The van der Waals surface area contributed by atoms with Crippen molar-refractivity contribution >= 4 is 7.98 Å². The maximum atomic E-state index is 7.21. The Kier molecular flexibility index (Phi) is 43.4. The summed E-state index contributed by atoms with van der Waals surface area (Å²) in [6, 6.07) is 0. The first kappa shape index (κ1) is 15.7. The number of hydrogen-bond acceptors (Lipinski definition) is 1. The van der Waals surface area contributed by atoms with Crippen molar-refractivity contribution in [1.29, 1.82) is 0 Å². The molecule has 0 aliphatic carbocycles. The van der Waals surface area contributed by atoms with Crippen molar-refractivity contribution in [3.8, 4) is 0 Å². The van der Waals surface area contributed by atoms with Gasteiger partial charge >= 0.3 is 0 Å². The minimum absolute atomic E-state index is 0. The molecule has 0 saturated heterocycles. The summed E-state index contributed by atoms with van der Waals surface area (Å²) in [5.41, 5.74) is 7.21. The van der Waals surface area contributed by atoms with E-state index >= 15 is 0 Å². The second-order valence-corrected chi connectivity index (χ2v) is 0.205. The topological polar surface area (TPSA) is 48.8 Å². The Morgan fingerprint density at radius 1 is 1.67 bits per heavy atom.